The minimum absolute atomic E-state index is 0.0180. The molecule has 0 aliphatic heterocycles. The Labute approximate surface area is 153 Å². The summed E-state index contributed by atoms with van der Waals surface area (Å²) in [6.07, 6.45) is 0.857. The molecule has 0 aliphatic carbocycles. The monoisotopic (exact) mass is 371 g/mol. The predicted octanol–water partition coefficient (Wildman–Crippen LogP) is 3.77. The topological polar surface area (TPSA) is 86.7 Å². The third kappa shape index (κ3) is 3.36. The first-order valence-corrected chi connectivity index (χ1v) is 8.86. The third-order valence-electron chi connectivity index (χ3n) is 3.86. The third-order valence-corrected chi connectivity index (χ3v) is 4.92. The van der Waals surface area contributed by atoms with E-state index in [1.807, 2.05) is 29.7 Å². The van der Waals surface area contributed by atoms with E-state index in [0.717, 1.165) is 22.4 Å². The molecule has 0 aliphatic rings. The van der Waals surface area contributed by atoms with Gasteiger partial charge in [0.25, 0.3) is 11.6 Å². The van der Waals surface area contributed by atoms with Crippen molar-refractivity contribution in [2.24, 2.45) is 4.99 Å². The molecule has 26 heavy (non-hydrogen) atoms. The average molecular weight is 371 g/mol. The zero-order valence-corrected chi connectivity index (χ0v) is 15.2. The van der Waals surface area contributed by atoms with Crippen molar-refractivity contribution in [1.29, 1.82) is 0 Å². The first-order valence-electron chi connectivity index (χ1n) is 8.05. The second-order valence-corrected chi connectivity index (χ2v) is 6.57. The minimum atomic E-state index is -0.624. The molecule has 8 heteroatoms. The van der Waals surface area contributed by atoms with E-state index in [9.17, 15) is 14.9 Å². The Balaban J connectivity index is 2.16. The molecule has 134 valence electrons. The number of fused-ring (bicyclic) bond motifs is 1. The molecular weight excluding hydrogens is 354 g/mol. The summed E-state index contributed by atoms with van der Waals surface area (Å²) in [6, 6.07) is 11.5. The maximum atomic E-state index is 12.6. The van der Waals surface area contributed by atoms with Gasteiger partial charge in [-0.1, -0.05) is 30.4 Å². The summed E-state index contributed by atoms with van der Waals surface area (Å²) in [5, 5.41) is 11.2. The van der Waals surface area contributed by atoms with Gasteiger partial charge in [0.05, 0.1) is 22.2 Å². The van der Waals surface area contributed by atoms with Gasteiger partial charge in [0.2, 0.25) is 0 Å². The second kappa shape index (κ2) is 7.49. The highest BCUT2D eigenvalue weighted by molar-refractivity contribution is 7.16. The van der Waals surface area contributed by atoms with Gasteiger partial charge < -0.3 is 9.30 Å². The SMILES string of the molecule is CCCn1c(=NC(=O)c2ccccc2[N+](=O)[O-])sc2ccc(OC)cc21. The number of carbonyl (C=O) groups is 1. The first kappa shape index (κ1) is 17.8. The van der Waals surface area contributed by atoms with Gasteiger partial charge in [-0.05, 0) is 24.6 Å². The van der Waals surface area contributed by atoms with Crippen LogP contribution in [0.4, 0.5) is 5.69 Å². The first-order chi connectivity index (χ1) is 12.5. The number of aromatic nitrogens is 1. The normalized spacial score (nSPS) is 11.7. The van der Waals surface area contributed by atoms with E-state index >= 15 is 0 Å². The number of rotatable bonds is 5. The molecule has 0 unspecified atom stereocenters. The number of nitro groups is 1. The van der Waals surface area contributed by atoms with E-state index < -0.39 is 10.8 Å². The molecule has 0 radical (unpaired) electrons. The van der Waals surface area contributed by atoms with E-state index in [-0.39, 0.29) is 11.3 Å². The quantitative estimate of drug-likeness (QED) is 0.504. The number of methoxy groups -OCH3 is 1. The van der Waals surface area contributed by atoms with E-state index in [4.69, 9.17) is 4.74 Å². The summed E-state index contributed by atoms with van der Waals surface area (Å²) in [4.78, 5) is 27.9. The average Bonchev–Trinajstić information content (AvgIpc) is 2.98. The standard InChI is InChI=1S/C18H17N3O4S/c1-3-10-20-15-11-12(25-2)8-9-16(15)26-18(20)19-17(22)13-6-4-5-7-14(13)21(23)24/h4-9,11H,3,10H2,1-2H3. The van der Waals surface area contributed by atoms with Gasteiger partial charge in [-0.15, -0.1) is 0 Å². The molecule has 0 fully saturated rings. The summed E-state index contributed by atoms with van der Waals surface area (Å²) in [6.45, 7) is 2.71. The number of ether oxygens (including phenoxy) is 1. The van der Waals surface area contributed by atoms with E-state index in [0.29, 0.717) is 11.3 Å². The molecule has 0 atom stereocenters. The number of para-hydroxylation sites is 1. The lowest BCUT2D eigenvalue weighted by Gasteiger charge is -2.04. The molecule has 3 aromatic rings. The Morgan fingerprint density at radius 2 is 2.08 bits per heavy atom. The minimum Gasteiger partial charge on any atom is -0.497 e. The summed E-state index contributed by atoms with van der Waals surface area (Å²) in [5.74, 6) is 0.0948. The lowest BCUT2D eigenvalue weighted by atomic mass is 10.2. The van der Waals surface area contributed by atoms with E-state index in [2.05, 4.69) is 4.99 Å². The maximum Gasteiger partial charge on any atom is 0.286 e. The summed E-state index contributed by atoms with van der Waals surface area (Å²) in [7, 11) is 1.60. The van der Waals surface area contributed by atoms with Crippen LogP contribution in [0.1, 0.15) is 23.7 Å². The number of nitro benzene ring substituents is 1. The smallest absolute Gasteiger partial charge is 0.286 e. The summed E-state index contributed by atoms with van der Waals surface area (Å²) < 4.78 is 8.18. The van der Waals surface area contributed by atoms with Gasteiger partial charge >= 0.3 is 0 Å². The van der Waals surface area contributed by atoms with Crippen molar-refractivity contribution in [3.8, 4) is 5.75 Å². The lowest BCUT2D eigenvalue weighted by molar-refractivity contribution is -0.385. The highest BCUT2D eigenvalue weighted by Gasteiger charge is 2.19. The fourth-order valence-corrected chi connectivity index (χ4v) is 3.70. The zero-order valence-electron chi connectivity index (χ0n) is 14.3. The van der Waals surface area contributed by atoms with Gasteiger partial charge in [0.15, 0.2) is 4.80 Å². The molecule has 0 N–H and O–H groups in total. The molecular formula is C18H17N3O4S. The summed E-state index contributed by atoms with van der Waals surface area (Å²) in [5.41, 5.74) is 0.659. The van der Waals surface area contributed by atoms with Crippen molar-refractivity contribution in [2.45, 2.75) is 19.9 Å². The number of hydrogen-bond acceptors (Lipinski definition) is 5. The maximum absolute atomic E-state index is 12.6. The molecule has 3 rings (SSSR count). The van der Waals surface area contributed by atoms with Crippen molar-refractivity contribution in [3.05, 3.63) is 62.9 Å². The van der Waals surface area contributed by atoms with E-state index in [1.165, 1.54) is 29.5 Å². The van der Waals surface area contributed by atoms with E-state index in [1.54, 1.807) is 13.2 Å². The highest BCUT2D eigenvalue weighted by Crippen LogP contribution is 2.24. The fourth-order valence-electron chi connectivity index (χ4n) is 2.66. The summed E-state index contributed by atoms with van der Waals surface area (Å²) >= 11 is 1.37. The Morgan fingerprint density at radius 3 is 2.77 bits per heavy atom. The zero-order chi connectivity index (χ0) is 18.7. The van der Waals surface area contributed by atoms with Crippen molar-refractivity contribution < 1.29 is 14.5 Å². The van der Waals surface area contributed by atoms with Crippen LogP contribution in [0.5, 0.6) is 5.75 Å². The molecule has 1 heterocycles. The number of aryl methyl sites for hydroxylation is 1. The number of carbonyl (C=O) groups excluding carboxylic acids is 1. The Hall–Kier alpha value is -3.00. The van der Waals surface area contributed by atoms with Gasteiger partial charge in [0.1, 0.15) is 11.3 Å². The van der Waals surface area contributed by atoms with Gasteiger partial charge in [-0.25, -0.2) is 0 Å². The van der Waals surface area contributed by atoms with Crippen LogP contribution in [-0.4, -0.2) is 22.5 Å². The van der Waals surface area contributed by atoms with Crippen molar-refractivity contribution in [1.82, 2.24) is 4.57 Å². The van der Waals surface area contributed by atoms with Crippen molar-refractivity contribution >= 4 is 33.1 Å². The van der Waals surface area contributed by atoms with Crippen LogP contribution < -0.4 is 9.54 Å². The van der Waals surface area contributed by atoms with Crippen LogP contribution in [0.15, 0.2) is 47.5 Å². The van der Waals surface area contributed by atoms with Crippen LogP contribution in [0.2, 0.25) is 0 Å². The predicted molar refractivity (Wildman–Crippen MR) is 99.6 cm³/mol. The second-order valence-electron chi connectivity index (χ2n) is 5.56. The fraction of sp³-hybridized carbons (Fsp3) is 0.222. The van der Waals surface area contributed by atoms with Crippen LogP contribution in [0.3, 0.4) is 0 Å². The Bertz CT molecular complexity index is 1050. The van der Waals surface area contributed by atoms with Crippen LogP contribution >= 0.6 is 11.3 Å². The number of amides is 1. The number of benzene rings is 2. The molecule has 1 amide bonds. The number of thiazole rings is 1. The highest BCUT2D eigenvalue weighted by atomic mass is 32.1. The lowest BCUT2D eigenvalue weighted by Crippen LogP contribution is -2.17. The molecule has 0 bridgehead atoms. The molecule has 1 aromatic heterocycles. The van der Waals surface area contributed by atoms with Gasteiger partial charge in [-0.2, -0.15) is 4.99 Å². The molecule has 0 saturated heterocycles. The Kier molecular flexibility index (Phi) is 5.13. The van der Waals surface area contributed by atoms with Gasteiger partial charge in [0, 0.05) is 18.7 Å². The van der Waals surface area contributed by atoms with Gasteiger partial charge in [-0.3, -0.25) is 14.9 Å². The van der Waals surface area contributed by atoms with Crippen LogP contribution in [0.25, 0.3) is 10.2 Å². The number of nitrogens with zero attached hydrogens (tertiary/aromatic N) is 3. The molecule has 0 saturated carbocycles. The molecule has 2 aromatic carbocycles. The van der Waals surface area contributed by atoms with Crippen molar-refractivity contribution in [3.63, 3.8) is 0 Å². The Morgan fingerprint density at radius 1 is 1.31 bits per heavy atom. The van der Waals surface area contributed by atoms with Crippen LogP contribution in [0, 0.1) is 10.1 Å². The van der Waals surface area contributed by atoms with Crippen molar-refractivity contribution in [2.75, 3.05) is 7.11 Å². The molecule has 0 spiro atoms. The molecule has 7 nitrogen and oxygen atoms in total. The largest absolute Gasteiger partial charge is 0.497 e. The number of hydrogen-bond donors (Lipinski definition) is 0. The van der Waals surface area contributed by atoms with Crippen LogP contribution in [-0.2, 0) is 6.54 Å².